The molecule has 1 aromatic carbocycles. The number of furan rings is 1. The van der Waals surface area contributed by atoms with Crippen LogP contribution in [0, 0.1) is 0 Å². The van der Waals surface area contributed by atoms with Crippen molar-refractivity contribution in [2.24, 2.45) is 5.73 Å². The summed E-state index contributed by atoms with van der Waals surface area (Å²) in [5.74, 6) is -0.235. The van der Waals surface area contributed by atoms with E-state index in [-0.39, 0.29) is 5.92 Å². The summed E-state index contributed by atoms with van der Waals surface area (Å²) in [5, 5.41) is 10.9. The number of nitrogens with two attached hydrogens (primary N) is 1. The van der Waals surface area contributed by atoms with Crippen LogP contribution in [0.3, 0.4) is 0 Å². The van der Waals surface area contributed by atoms with Crippen molar-refractivity contribution in [2.75, 3.05) is 6.54 Å². The first-order chi connectivity index (χ1) is 8.24. The van der Waals surface area contributed by atoms with Gasteiger partial charge in [-0.1, -0.05) is 29.8 Å². The molecule has 0 spiro atoms. The van der Waals surface area contributed by atoms with E-state index in [1.165, 1.54) is 12.5 Å². The fourth-order valence-electron chi connectivity index (χ4n) is 1.88. The zero-order chi connectivity index (χ0) is 12.3. The minimum absolute atomic E-state index is 0.235. The van der Waals surface area contributed by atoms with E-state index in [0.29, 0.717) is 17.1 Å². The van der Waals surface area contributed by atoms with Gasteiger partial charge in [0.15, 0.2) is 0 Å². The average molecular weight is 252 g/mol. The van der Waals surface area contributed by atoms with E-state index in [0.717, 1.165) is 5.56 Å². The Balaban J connectivity index is 2.31. The van der Waals surface area contributed by atoms with Gasteiger partial charge < -0.3 is 15.3 Å². The Hall–Kier alpha value is -1.29. The summed E-state index contributed by atoms with van der Waals surface area (Å²) in [6, 6.07) is 9.13. The molecule has 0 saturated carbocycles. The maximum Gasteiger partial charge on any atom is 0.0960 e. The first kappa shape index (κ1) is 12.2. The van der Waals surface area contributed by atoms with E-state index >= 15 is 0 Å². The van der Waals surface area contributed by atoms with Crippen LogP contribution in [-0.4, -0.2) is 11.7 Å². The number of halogens is 1. The lowest BCUT2D eigenvalue weighted by atomic mass is 9.90. The zero-order valence-corrected chi connectivity index (χ0v) is 9.97. The maximum absolute atomic E-state index is 10.2. The fraction of sp³-hybridized carbons (Fsp3) is 0.231. The third-order valence-electron chi connectivity index (χ3n) is 2.82. The second-order valence-electron chi connectivity index (χ2n) is 3.87. The molecular formula is C13H14ClNO2. The minimum atomic E-state index is -0.710. The molecule has 0 bridgehead atoms. The highest BCUT2D eigenvalue weighted by molar-refractivity contribution is 6.31. The molecule has 0 aliphatic heterocycles. The third kappa shape index (κ3) is 2.52. The first-order valence-corrected chi connectivity index (χ1v) is 5.76. The Morgan fingerprint density at radius 2 is 2.06 bits per heavy atom. The van der Waals surface area contributed by atoms with E-state index in [4.69, 9.17) is 21.8 Å². The van der Waals surface area contributed by atoms with Crippen molar-refractivity contribution in [1.82, 2.24) is 0 Å². The summed E-state index contributed by atoms with van der Waals surface area (Å²) in [6.45, 7) is 0.316. The molecule has 0 aliphatic carbocycles. The molecule has 2 aromatic rings. The van der Waals surface area contributed by atoms with Crippen LogP contribution in [0.5, 0.6) is 0 Å². The van der Waals surface area contributed by atoms with Crippen LogP contribution < -0.4 is 5.73 Å². The number of benzene rings is 1. The van der Waals surface area contributed by atoms with Crippen molar-refractivity contribution in [1.29, 1.82) is 0 Å². The van der Waals surface area contributed by atoms with Crippen LogP contribution >= 0.6 is 11.6 Å². The molecule has 17 heavy (non-hydrogen) atoms. The first-order valence-electron chi connectivity index (χ1n) is 5.38. The monoisotopic (exact) mass is 251 g/mol. The van der Waals surface area contributed by atoms with Gasteiger partial charge in [0.2, 0.25) is 0 Å². The molecule has 0 saturated heterocycles. The molecule has 0 fully saturated rings. The molecule has 90 valence electrons. The molecule has 0 amide bonds. The predicted molar refractivity (Wildman–Crippen MR) is 66.9 cm³/mol. The highest BCUT2D eigenvalue weighted by Crippen LogP contribution is 2.34. The predicted octanol–water partition coefficient (Wildman–Crippen LogP) is 2.71. The van der Waals surface area contributed by atoms with E-state index in [1.54, 1.807) is 12.1 Å². The second kappa shape index (κ2) is 5.36. The van der Waals surface area contributed by atoms with Crippen LogP contribution in [-0.2, 0) is 0 Å². The van der Waals surface area contributed by atoms with E-state index in [1.807, 2.05) is 18.2 Å². The molecule has 0 aliphatic rings. The van der Waals surface area contributed by atoms with Crippen molar-refractivity contribution in [3.63, 3.8) is 0 Å². The van der Waals surface area contributed by atoms with Gasteiger partial charge in [0, 0.05) is 23.0 Å². The van der Waals surface area contributed by atoms with Crippen LogP contribution in [0.25, 0.3) is 0 Å². The summed E-state index contributed by atoms with van der Waals surface area (Å²) in [5.41, 5.74) is 7.29. The van der Waals surface area contributed by atoms with Crippen molar-refractivity contribution in [3.05, 3.63) is 59.0 Å². The van der Waals surface area contributed by atoms with Crippen molar-refractivity contribution in [2.45, 2.75) is 12.0 Å². The molecular weight excluding hydrogens is 238 g/mol. The zero-order valence-electron chi connectivity index (χ0n) is 9.21. The van der Waals surface area contributed by atoms with Crippen molar-refractivity contribution < 1.29 is 9.52 Å². The molecule has 1 aromatic heterocycles. The minimum Gasteiger partial charge on any atom is -0.472 e. The Morgan fingerprint density at radius 1 is 1.29 bits per heavy atom. The molecule has 3 nitrogen and oxygen atoms in total. The van der Waals surface area contributed by atoms with Gasteiger partial charge in [-0.05, 0) is 17.7 Å². The Bertz CT molecular complexity index is 470. The quantitative estimate of drug-likeness (QED) is 0.878. The summed E-state index contributed by atoms with van der Waals surface area (Å²) < 4.78 is 4.96. The Kier molecular flexibility index (Phi) is 3.84. The topological polar surface area (TPSA) is 59.4 Å². The summed E-state index contributed by atoms with van der Waals surface area (Å²) >= 11 is 6.11. The fourth-order valence-corrected chi connectivity index (χ4v) is 2.15. The summed E-state index contributed by atoms with van der Waals surface area (Å²) in [4.78, 5) is 0. The van der Waals surface area contributed by atoms with Crippen molar-refractivity contribution in [3.8, 4) is 0 Å². The third-order valence-corrected chi connectivity index (χ3v) is 3.17. The van der Waals surface area contributed by atoms with Crippen molar-refractivity contribution >= 4 is 11.6 Å². The summed E-state index contributed by atoms with van der Waals surface area (Å²) in [7, 11) is 0. The van der Waals surface area contributed by atoms with Crippen LogP contribution in [0.1, 0.15) is 23.1 Å². The number of rotatable bonds is 4. The SMILES string of the molecule is NCC(c1ccccc1Cl)C(O)c1ccoc1. The number of hydrogen-bond acceptors (Lipinski definition) is 3. The van der Waals surface area contributed by atoms with E-state index < -0.39 is 6.10 Å². The van der Waals surface area contributed by atoms with Gasteiger partial charge in [0.05, 0.1) is 18.6 Å². The number of aliphatic hydroxyl groups excluding tert-OH is 1. The molecule has 2 rings (SSSR count). The molecule has 0 radical (unpaired) electrons. The highest BCUT2D eigenvalue weighted by atomic mass is 35.5. The number of aliphatic hydroxyl groups is 1. The highest BCUT2D eigenvalue weighted by Gasteiger charge is 2.23. The molecule has 4 heteroatoms. The molecule has 1 heterocycles. The van der Waals surface area contributed by atoms with Crippen LogP contribution in [0.4, 0.5) is 0 Å². The smallest absolute Gasteiger partial charge is 0.0960 e. The van der Waals surface area contributed by atoms with E-state index in [2.05, 4.69) is 0 Å². The lowest BCUT2D eigenvalue weighted by Gasteiger charge is -2.21. The summed E-state index contributed by atoms with van der Waals surface area (Å²) in [6.07, 6.45) is 2.33. The van der Waals surface area contributed by atoms with Gasteiger partial charge in [0.25, 0.3) is 0 Å². The average Bonchev–Trinajstić information content (AvgIpc) is 2.86. The number of hydrogen-bond donors (Lipinski definition) is 2. The van der Waals surface area contributed by atoms with Gasteiger partial charge in [-0.25, -0.2) is 0 Å². The molecule has 2 unspecified atom stereocenters. The van der Waals surface area contributed by atoms with Crippen LogP contribution in [0.15, 0.2) is 47.3 Å². The second-order valence-corrected chi connectivity index (χ2v) is 4.27. The van der Waals surface area contributed by atoms with Gasteiger partial charge >= 0.3 is 0 Å². The standard InChI is InChI=1S/C13H14ClNO2/c14-12-4-2-1-3-10(12)11(7-15)13(16)9-5-6-17-8-9/h1-6,8,11,13,16H,7,15H2. The van der Waals surface area contributed by atoms with Gasteiger partial charge in [0.1, 0.15) is 0 Å². The van der Waals surface area contributed by atoms with Gasteiger partial charge in [-0.3, -0.25) is 0 Å². The van der Waals surface area contributed by atoms with Gasteiger partial charge in [-0.2, -0.15) is 0 Å². The lowest BCUT2D eigenvalue weighted by Crippen LogP contribution is -2.20. The Labute approximate surface area is 105 Å². The Morgan fingerprint density at radius 3 is 2.65 bits per heavy atom. The molecule has 3 N–H and O–H groups in total. The van der Waals surface area contributed by atoms with E-state index in [9.17, 15) is 5.11 Å². The van der Waals surface area contributed by atoms with Gasteiger partial charge in [-0.15, -0.1) is 0 Å². The normalized spacial score (nSPS) is 14.5. The molecule has 2 atom stereocenters. The lowest BCUT2D eigenvalue weighted by molar-refractivity contribution is 0.146. The van der Waals surface area contributed by atoms with Crippen LogP contribution in [0.2, 0.25) is 5.02 Å². The largest absolute Gasteiger partial charge is 0.472 e. The maximum atomic E-state index is 10.2.